The average Bonchev–Trinajstić information content (AvgIpc) is 2.70. The lowest BCUT2D eigenvalue weighted by Gasteiger charge is -2.26. The number of nitrogens with zero attached hydrogens (tertiary/aromatic N) is 1. The SMILES string of the molecule is COc1ccccc1CC(=O)Nc1ccc(C(=O)N2CCSCC2)cc1C. The van der Waals surface area contributed by atoms with Gasteiger partial charge in [0.2, 0.25) is 5.91 Å². The zero-order chi connectivity index (χ0) is 19.2. The van der Waals surface area contributed by atoms with E-state index in [0.29, 0.717) is 11.3 Å². The summed E-state index contributed by atoms with van der Waals surface area (Å²) in [6, 6.07) is 12.9. The van der Waals surface area contributed by atoms with Crippen molar-refractivity contribution in [1.82, 2.24) is 4.90 Å². The number of amides is 2. The summed E-state index contributed by atoms with van der Waals surface area (Å²) < 4.78 is 5.30. The summed E-state index contributed by atoms with van der Waals surface area (Å²) in [4.78, 5) is 26.9. The number of rotatable bonds is 5. The molecule has 2 aromatic carbocycles. The molecule has 1 aliphatic rings. The highest BCUT2D eigenvalue weighted by Crippen LogP contribution is 2.21. The number of hydrogen-bond donors (Lipinski definition) is 1. The maximum Gasteiger partial charge on any atom is 0.253 e. The van der Waals surface area contributed by atoms with Crippen molar-refractivity contribution in [3.05, 3.63) is 59.2 Å². The summed E-state index contributed by atoms with van der Waals surface area (Å²) in [6.45, 7) is 3.49. The van der Waals surface area contributed by atoms with Crippen LogP contribution in [0.15, 0.2) is 42.5 Å². The number of carbonyl (C=O) groups excluding carboxylic acids is 2. The smallest absolute Gasteiger partial charge is 0.253 e. The first-order chi connectivity index (χ1) is 13.1. The van der Waals surface area contributed by atoms with Crippen molar-refractivity contribution in [1.29, 1.82) is 0 Å². The Hall–Kier alpha value is -2.47. The fraction of sp³-hybridized carbons (Fsp3) is 0.333. The van der Waals surface area contributed by atoms with Crippen LogP contribution in [0.1, 0.15) is 21.5 Å². The highest BCUT2D eigenvalue weighted by atomic mass is 32.2. The van der Waals surface area contributed by atoms with E-state index in [1.54, 1.807) is 19.2 Å². The molecule has 142 valence electrons. The second kappa shape index (κ2) is 8.95. The predicted molar refractivity (Wildman–Crippen MR) is 110 cm³/mol. The molecule has 3 rings (SSSR count). The van der Waals surface area contributed by atoms with Crippen molar-refractivity contribution in [3.8, 4) is 5.75 Å². The minimum absolute atomic E-state index is 0.0605. The minimum atomic E-state index is -0.116. The van der Waals surface area contributed by atoms with Gasteiger partial charge in [0.15, 0.2) is 0 Å². The zero-order valence-corrected chi connectivity index (χ0v) is 16.5. The lowest BCUT2D eigenvalue weighted by Crippen LogP contribution is -2.37. The van der Waals surface area contributed by atoms with Gasteiger partial charge >= 0.3 is 0 Å². The molecule has 5 nitrogen and oxygen atoms in total. The summed E-state index contributed by atoms with van der Waals surface area (Å²) >= 11 is 1.88. The number of thioether (sulfide) groups is 1. The number of anilines is 1. The van der Waals surface area contributed by atoms with Crippen molar-refractivity contribution in [2.24, 2.45) is 0 Å². The van der Waals surface area contributed by atoms with E-state index in [0.717, 1.165) is 41.4 Å². The first-order valence-electron chi connectivity index (χ1n) is 8.98. The number of ether oxygens (including phenoxy) is 1. The van der Waals surface area contributed by atoms with E-state index in [1.165, 1.54) is 0 Å². The van der Waals surface area contributed by atoms with Crippen molar-refractivity contribution < 1.29 is 14.3 Å². The fourth-order valence-electron chi connectivity index (χ4n) is 3.10. The summed E-state index contributed by atoms with van der Waals surface area (Å²) in [7, 11) is 1.59. The third-order valence-corrected chi connectivity index (χ3v) is 5.53. The second-order valence-electron chi connectivity index (χ2n) is 6.47. The summed E-state index contributed by atoms with van der Waals surface area (Å²) in [5.74, 6) is 2.62. The third-order valence-electron chi connectivity index (χ3n) is 4.59. The number of nitrogens with one attached hydrogen (secondary N) is 1. The van der Waals surface area contributed by atoms with Crippen LogP contribution in [0.2, 0.25) is 0 Å². The van der Waals surface area contributed by atoms with Crippen LogP contribution in [-0.4, -0.2) is 48.4 Å². The molecule has 0 aliphatic carbocycles. The van der Waals surface area contributed by atoms with Crippen LogP contribution >= 0.6 is 11.8 Å². The number of benzene rings is 2. The molecule has 27 heavy (non-hydrogen) atoms. The maximum atomic E-state index is 12.6. The van der Waals surface area contributed by atoms with Crippen LogP contribution < -0.4 is 10.1 Å². The van der Waals surface area contributed by atoms with E-state index in [2.05, 4.69) is 5.32 Å². The predicted octanol–water partition coefficient (Wildman–Crippen LogP) is 3.37. The molecule has 0 spiro atoms. The first-order valence-corrected chi connectivity index (χ1v) is 10.1. The Labute approximate surface area is 164 Å². The van der Waals surface area contributed by atoms with Gasteiger partial charge in [-0.1, -0.05) is 18.2 Å². The fourth-order valence-corrected chi connectivity index (χ4v) is 4.01. The van der Waals surface area contributed by atoms with Crippen LogP contribution in [0.5, 0.6) is 5.75 Å². The van der Waals surface area contributed by atoms with E-state index in [9.17, 15) is 9.59 Å². The molecule has 1 aliphatic heterocycles. The molecule has 0 atom stereocenters. The molecule has 1 fully saturated rings. The van der Waals surface area contributed by atoms with Gasteiger partial charge in [-0.3, -0.25) is 9.59 Å². The van der Waals surface area contributed by atoms with Gasteiger partial charge in [0.25, 0.3) is 5.91 Å². The van der Waals surface area contributed by atoms with Crippen molar-refractivity contribution in [3.63, 3.8) is 0 Å². The molecule has 2 amide bonds. The Bertz CT molecular complexity index is 832. The van der Waals surface area contributed by atoms with E-state index in [1.807, 2.05) is 53.9 Å². The lowest BCUT2D eigenvalue weighted by atomic mass is 10.1. The van der Waals surface area contributed by atoms with Gasteiger partial charge in [0, 0.05) is 41.4 Å². The van der Waals surface area contributed by atoms with E-state index in [4.69, 9.17) is 4.74 Å². The van der Waals surface area contributed by atoms with Crippen LogP contribution in [-0.2, 0) is 11.2 Å². The first kappa shape index (κ1) is 19.3. The van der Waals surface area contributed by atoms with Crippen molar-refractivity contribution in [2.75, 3.05) is 37.0 Å². The normalized spacial score (nSPS) is 13.9. The van der Waals surface area contributed by atoms with Gasteiger partial charge < -0.3 is 15.0 Å². The van der Waals surface area contributed by atoms with Gasteiger partial charge in [-0.25, -0.2) is 0 Å². The van der Waals surface area contributed by atoms with Crippen LogP contribution in [0.25, 0.3) is 0 Å². The number of hydrogen-bond acceptors (Lipinski definition) is 4. The molecule has 0 radical (unpaired) electrons. The number of para-hydroxylation sites is 1. The Morgan fingerprint density at radius 1 is 1.15 bits per heavy atom. The minimum Gasteiger partial charge on any atom is -0.496 e. The molecular weight excluding hydrogens is 360 g/mol. The van der Waals surface area contributed by atoms with E-state index >= 15 is 0 Å². The van der Waals surface area contributed by atoms with Gasteiger partial charge in [-0.15, -0.1) is 0 Å². The Morgan fingerprint density at radius 2 is 1.89 bits per heavy atom. The van der Waals surface area contributed by atoms with E-state index in [-0.39, 0.29) is 18.2 Å². The molecule has 0 bridgehead atoms. The maximum absolute atomic E-state index is 12.6. The molecule has 1 N–H and O–H groups in total. The molecule has 6 heteroatoms. The van der Waals surface area contributed by atoms with Crippen LogP contribution in [0.3, 0.4) is 0 Å². The monoisotopic (exact) mass is 384 g/mol. The summed E-state index contributed by atoms with van der Waals surface area (Å²) in [5, 5.41) is 2.93. The number of aryl methyl sites for hydroxylation is 1. The van der Waals surface area contributed by atoms with E-state index < -0.39 is 0 Å². The quantitative estimate of drug-likeness (QED) is 0.859. The molecule has 1 heterocycles. The Balaban J connectivity index is 1.67. The standard InChI is InChI=1S/C21H24N2O3S/c1-15-13-17(21(25)23-9-11-27-12-10-23)7-8-18(15)22-20(24)14-16-5-3-4-6-19(16)26-2/h3-8,13H,9-12,14H2,1-2H3,(H,22,24). The van der Waals surface area contributed by atoms with Gasteiger partial charge in [0.05, 0.1) is 13.5 Å². The molecular formula is C21H24N2O3S. The highest BCUT2D eigenvalue weighted by molar-refractivity contribution is 7.99. The lowest BCUT2D eigenvalue weighted by molar-refractivity contribution is -0.115. The molecule has 1 saturated heterocycles. The molecule has 0 aromatic heterocycles. The van der Waals surface area contributed by atoms with Gasteiger partial charge in [0.1, 0.15) is 5.75 Å². The topological polar surface area (TPSA) is 58.6 Å². The Kier molecular flexibility index (Phi) is 6.40. The third kappa shape index (κ3) is 4.83. The van der Waals surface area contributed by atoms with Gasteiger partial charge in [-0.2, -0.15) is 11.8 Å². The zero-order valence-electron chi connectivity index (χ0n) is 15.7. The summed E-state index contributed by atoms with van der Waals surface area (Å²) in [6.07, 6.45) is 0.232. The molecule has 2 aromatic rings. The summed E-state index contributed by atoms with van der Waals surface area (Å²) in [5.41, 5.74) is 3.10. The van der Waals surface area contributed by atoms with Crippen LogP contribution in [0.4, 0.5) is 5.69 Å². The largest absolute Gasteiger partial charge is 0.496 e. The van der Waals surface area contributed by atoms with Crippen molar-refractivity contribution in [2.45, 2.75) is 13.3 Å². The Morgan fingerprint density at radius 3 is 2.59 bits per heavy atom. The highest BCUT2D eigenvalue weighted by Gasteiger charge is 2.19. The molecule has 0 saturated carbocycles. The second-order valence-corrected chi connectivity index (χ2v) is 7.70. The van der Waals surface area contributed by atoms with Crippen molar-refractivity contribution >= 4 is 29.3 Å². The van der Waals surface area contributed by atoms with Gasteiger partial charge in [-0.05, 0) is 36.8 Å². The van der Waals surface area contributed by atoms with Crippen LogP contribution in [0, 0.1) is 6.92 Å². The number of methoxy groups -OCH3 is 1. The number of carbonyl (C=O) groups is 2. The average molecular weight is 385 g/mol. The molecule has 0 unspecified atom stereocenters.